The Bertz CT molecular complexity index is 4870. The first kappa shape index (κ1) is 42.8. The average Bonchev–Trinajstić information content (AvgIpc) is 4.40. The zero-order valence-electron chi connectivity index (χ0n) is 42.5. The molecule has 0 amide bonds. The summed E-state index contributed by atoms with van der Waals surface area (Å²) in [5.74, 6) is 3.46. The van der Waals surface area contributed by atoms with Gasteiger partial charge < -0.3 is 27.7 Å². The third-order valence-electron chi connectivity index (χ3n) is 17.3. The molecular weight excluding hydrogens is 981 g/mol. The van der Waals surface area contributed by atoms with Gasteiger partial charge in [-0.1, -0.05) is 170 Å². The lowest BCUT2D eigenvalue weighted by Gasteiger charge is -2.43. The fraction of sp³-hybridized carbons (Fsp3) is 0. The number of nitrogens with zero attached hydrogens (tertiary/aromatic N) is 4. The summed E-state index contributed by atoms with van der Waals surface area (Å²) in [4.78, 5) is 0. The van der Waals surface area contributed by atoms with Gasteiger partial charge in [0.25, 0.3) is 0 Å². The smallest absolute Gasteiger partial charge is 0.196 e. The average molecular weight is 1030 g/mol. The van der Waals surface area contributed by atoms with Crippen LogP contribution in [0.25, 0.3) is 110 Å². The molecule has 16 aromatic rings. The molecule has 0 saturated carbocycles. The van der Waals surface area contributed by atoms with Gasteiger partial charge in [0.15, 0.2) is 19.6 Å². The first-order valence-corrected chi connectivity index (χ1v) is 29.1. The highest BCUT2D eigenvalue weighted by molar-refractivity contribution is 7.21. The molecule has 0 atom stereocenters. The van der Waals surface area contributed by atoms with Crippen LogP contribution < -0.4 is 30.2 Å². The first-order chi connectivity index (χ1) is 39.2. The van der Waals surface area contributed by atoms with Gasteiger partial charge in [0.2, 0.25) is 0 Å². The minimum absolute atomic E-state index is 0.865. The molecule has 6 heterocycles. The van der Waals surface area contributed by atoms with Gasteiger partial charge >= 0.3 is 0 Å². The van der Waals surface area contributed by atoms with Crippen LogP contribution in [0.5, 0.6) is 23.0 Å². The molecule has 12 aromatic carbocycles. The highest BCUT2D eigenvalue weighted by Gasteiger charge is 2.54. The van der Waals surface area contributed by atoms with E-state index in [2.05, 4.69) is 285 Å². The fourth-order valence-electron chi connectivity index (χ4n) is 14.1. The van der Waals surface area contributed by atoms with Crippen molar-refractivity contribution in [1.82, 2.24) is 18.3 Å². The SMILES string of the molecule is c1ccc2c(c1)Oc1c(-n3c4ccccc4c4cc(-n5c6ccccc6c6ccccc65)ccc43)cccc1[Si]21c2ccccc2Oc2c(-n3c4ccccc4c4cc(-n5c6ccccc6c6ccccc65)ccc43)cccc21. The number of aromatic nitrogens is 4. The van der Waals surface area contributed by atoms with E-state index in [1.54, 1.807) is 0 Å². The molecule has 79 heavy (non-hydrogen) atoms. The molecule has 7 heteroatoms. The van der Waals surface area contributed by atoms with E-state index < -0.39 is 8.07 Å². The maximum atomic E-state index is 7.44. The van der Waals surface area contributed by atoms with Crippen molar-refractivity contribution in [3.63, 3.8) is 0 Å². The van der Waals surface area contributed by atoms with Crippen LogP contribution in [-0.4, -0.2) is 26.3 Å². The number of hydrogen-bond acceptors (Lipinski definition) is 2. The standard InChI is InChI=1S/C72H44N4O2Si/c1-7-25-55-47(19-1)48-20-2-8-26-56(48)73(55)45-39-41-61-53(43-45)51-23-5-11-29-59(51)75(61)63-31-17-37-69-71(63)77-65-33-13-15-35-67(65)79(69)68-36-16-14-34-66(68)78-72-64(32-18-38-70(72)79)76-60-30-12-6-24-52(60)54-44-46(40-42-62(54)76)74-57-27-9-3-21-49(57)50-22-4-10-28-58(50)74/h1-44H. The molecule has 2 aliphatic heterocycles. The van der Waals surface area contributed by atoms with Crippen LogP contribution in [0.15, 0.2) is 267 Å². The van der Waals surface area contributed by atoms with E-state index in [-0.39, 0.29) is 0 Å². The molecule has 368 valence electrons. The molecule has 0 unspecified atom stereocenters. The number of para-hydroxylation sites is 10. The summed E-state index contributed by atoms with van der Waals surface area (Å²) < 4.78 is 24.6. The van der Waals surface area contributed by atoms with Crippen molar-refractivity contribution in [2.24, 2.45) is 0 Å². The summed E-state index contributed by atoms with van der Waals surface area (Å²) >= 11 is 0. The summed E-state index contributed by atoms with van der Waals surface area (Å²) in [5, 5.41) is 14.5. The van der Waals surface area contributed by atoms with Crippen LogP contribution in [0, 0.1) is 0 Å². The lowest BCUT2D eigenvalue weighted by molar-refractivity contribution is 0.479. The van der Waals surface area contributed by atoms with Crippen LogP contribution >= 0.6 is 0 Å². The van der Waals surface area contributed by atoms with Crippen LogP contribution in [-0.2, 0) is 0 Å². The maximum Gasteiger partial charge on any atom is 0.196 e. The van der Waals surface area contributed by atoms with Gasteiger partial charge in [-0.25, -0.2) is 0 Å². The van der Waals surface area contributed by atoms with E-state index in [0.29, 0.717) is 0 Å². The Hall–Kier alpha value is -10.3. The lowest BCUT2D eigenvalue weighted by atomic mass is 10.1. The van der Waals surface area contributed by atoms with Crippen molar-refractivity contribution in [3.05, 3.63) is 267 Å². The topological polar surface area (TPSA) is 38.2 Å². The van der Waals surface area contributed by atoms with E-state index in [9.17, 15) is 0 Å². The minimum atomic E-state index is -3.29. The molecule has 0 saturated heterocycles. The molecule has 0 radical (unpaired) electrons. The zero-order chi connectivity index (χ0) is 51.5. The lowest BCUT2D eigenvalue weighted by Crippen LogP contribution is -2.77. The fourth-order valence-corrected chi connectivity index (χ4v) is 19.3. The normalized spacial score (nSPS) is 13.4. The van der Waals surface area contributed by atoms with E-state index >= 15 is 0 Å². The molecule has 0 bridgehead atoms. The first-order valence-electron chi connectivity index (χ1n) is 27.1. The van der Waals surface area contributed by atoms with Crippen LogP contribution in [0.3, 0.4) is 0 Å². The van der Waals surface area contributed by atoms with Gasteiger partial charge in [0.05, 0.1) is 55.5 Å². The quantitative estimate of drug-likeness (QED) is 0.165. The summed E-state index contributed by atoms with van der Waals surface area (Å²) in [6.45, 7) is 0. The second-order valence-corrected chi connectivity index (χ2v) is 24.8. The number of ether oxygens (including phenoxy) is 2. The minimum Gasteiger partial charge on any atom is -0.455 e. The molecule has 0 aliphatic carbocycles. The number of benzene rings is 12. The van der Waals surface area contributed by atoms with Crippen LogP contribution in [0.1, 0.15) is 0 Å². The van der Waals surface area contributed by atoms with Crippen molar-refractivity contribution in [1.29, 1.82) is 0 Å². The largest absolute Gasteiger partial charge is 0.455 e. The van der Waals surface area contributed by atoms with Crippen molar-refractivity contribution in [3.8, 4) is 45.7 Å². The summed E-state index contributed by atoms with van der Waals surface area (Å²) in [6.07, 6.45) is 0. The molecule has 18 rings (SSSR count). The Morgan fingerprint density at radius 1 is 0.228 bits per heavy atom. The highest BCUT2D eigenvalue weighted by atomic mass is 28.3. The Morgan fingerprint density at radius 3 is 0.899 bits per heavy atom. The second kappa shape index (κ2) is 15.9. The van der Waals surface area contributed by atoms with Gasteiger partial charge in [0, 0.05) is 54.5 Å². The van der Waals surface area contributed by atoms with Crippen molar-refractivity contribution in [2.45, 2.75) is 0 Å². The van der Waals surface area contributed by atoms with E-state index in [4.69, 9.17) is 9.47 Å². The van der Waals surface area contributed by atoms with Gasteiger partial charge in [0.1, 0.15) is 11.5 Å². The number of hydrogen-bond donors (Lipinski definition) is 0. The summed E-state index contributed by atoms with van der Waals surface area (Å²) in [7, 11) is -3.29. The number of fused-ring (bicyclic) bond motifs is 20. The van der Waals surface area contributed by atoms with Gasteiger partial charge in [-0.15, -0.1) is 0 Å². The molecule has 6 nitrogen and oxygen atoms in total. The van der Waals surface area contributed by atoms with E-state index in [1.165, 1.54) is 85.9 Å². The maximum absolute atomic E-state index is 7.44. The van der Waals surface area contributed by atoms with Crippen molar-refractivity contribution in [2.75, 3.05) is 0 Å². The van der Waals surface area contributed by atoms with Gasteiger partial charge in [-0.2, -0.15) is 0 Å². The molecular formula is C72H44N4O2Si. The Morgan fingerprint density at radius 2 is 0.519 bits per heavy atom. The second-order valence-electron chi connectivity index (χ2n) is 21.1. The molecule has 1 spiro atoms. The Balaban J connectivity index is 0.875. The molecule has 4 aromatic heterocycles. The predicted molar refractivity (Wildman–Crippen MR) is 328 cm³/mol. The predicted octanol–water partition coefficient (Wildman–Crippen LogP) is 15.7. The summed E-state index contributed by atoms with van der Waals surface area (Å²) in [6, 6.07) is 97.7. The molecule has 0 N–H and O–H groups in total. The van der Waals surface area contributed by atoms with Crippen LogP contribution in [0.4, 0.5) is 0 Å². The monoisotopic (exact) mass is 1020 g/mol. The van der Waals surface area contributed by atoms with Gasteiger partial charge in [-0.05, 0) is 118 Å². The van der Waals surface area contributed by atoms with Gasteiger partial charge in [-0.3, -0.25) is 0 Å². The zero-order valence-corrected chi connectivity index (χ0v) is 43.5. The Kier molecular flexibility index (Phi) is 8.60. The van der Waals surface area contributed by atoms with Crippen molar-refractivity contribution >= 4 is 116 Å². The third-order valence-corrected chi connectivity index (χ3v) is 22.1. The van der Waals surface area contributed by atoms with Crippen molar-refractivity contribution < 1.29 is 9.47 Å². The number of rotatable bonds is 4. The Labute approximate surface area is 454 Å². The highest BCUT2D eigenvalue weighted by Crippen LogP contribution is 2.45. The van der Waals surface area contributed by atoms with E-state index in [1.807, 2.05) is 0 Å². The van der Waals surface area contributed by atoms with E-state index in [0.717, 1.165) is 67.8 Å². The molecule has 2 aliphatic rings. The third kappa shape index (κ3) is 5.63. The van der Waals surface area contributed by atoms with Crippen LogP contribution in [0.2, 0.25) is 0 Å². The summed E-state index contributed by atoms with van der Waals surface area (Å²) in [5.41, 5.74) is 13.5. The molecule has 0 fully saturated rings.